The molecule has 0 aliphatic carbocycles. The van der Waals surface area contributed by atoms with E-state index in [2.05, 4.69) is 5.32 Å². The fraction of sp³-hybridized carbons (Fsp3) is 0.150. The second-order valence-electron chi connectivity index (χ2n) is 6.37. The molecule has 0 aliphatic rings. The van der Waals surface area contributed by atoms with Crippen LogP contribution in [0.3, 0.4) is 0 Å². The number of esters is 1. The molecule has 1 N–H and O–H groups in total. The fourth-order valence-electron chi connectivity index (χ4n) is 2.76. The molecule has 10 nitrogen and oxygen atoms in total. The number of aromatic nitrogens is 1. The molecule has 1 atom stereocenters. The van der Waals surface area contributed by atoms with Crippen LogP contribution in [0.4, 0.5) is 11.4 Å². The number of non-ortho nitro benzene ring substituents is 1. The van der Waals surface area contributed by atoms with Gasteiger partial charge < -0.3 is 14.5 Å². The zero-order valence-electron chi connectivity index (χ0n) is 16.3. The summed E-state index contributed by atoms with van der Waals surface area (Å²) in [5.41, 5.74) is -0.405. The van der Waals surface area contributed by atoms with Crippen LogP contribution in [0.1, 0.15) is 28.6 Å². The van der Waals surface area contributed by atoms with Crippen LogP contribution in [0, 0.1) is 28.4 Å². The molecule has 0 spiro atoms. The van der Waals surface area contributed by atoms with Gasteiger partial charge in [-0.3, -0.25) is 19.5 Å². The maximum absolute atomic E-state index is 12.7. The number of benzene rings is 1. The topological polar surface area (TPSA) is 140 Å². The molecule has 0 saturated carbocycles. The average molecular weight is 443 g/mol. The molecule has 31 heavy (non-hydrogen) atoms. The Bertz CT molecular complexity index is 1210. The number of anilines is 1. The van der Waals surface area contributed by atoms with E-state index in [1.807, 2.05) is 6.07 Å². The highest BCUT2D eigenvalue weighted by Crippen LogP contribution is 2.28. The molecule has 158 valence electrons. The van der Waals surface area contributed by atoms with Gasteiger partial charge in [0, 0.05) is 24.5 Å². The molecular weight excluding hydrogens is 428 g/mol. The van der Waals surface area contributed by atoms with E-state index in [0.29, 0.717) is 0 Å². The highest BCUT2D eigenvalue weighted by Gasteiger charge is 2.28. The molecule has 2 aromatic heterocycles. The zero-order valence-corrected chi connectivity index (χ0v) is 17.0. The van der Waals surface area contributed by atoms with E-state index in [-0.39, 0.29) is 39.2 Å². The Kier molecular flexibility index (Phi) is 6.08. The third kappa shape index (κ3) is 4.41. The van der Waals surface area contributed by atoms with Crippen molar-refractivity contribution >= 4 is 34.9 Å². The van der Waals surface area contributed by atoms with E-state index >= 15 is 0 Å². The Labute approximate surface area is 180 Å². The van der Waals surface area contributed by atoms with Crippen LogP contribution in [-0.2, 0) is 9.53 Å². The van der Waals surface area contributed by atoms with Crippen LogP contribution in [0.15, 0.2) is 47.1 Å². The Hall–Kier alpha value is -4.10. The van der Waals surface area contributed by atoms with Gasteiger partial charge in [0.1, 0.15) is 23.0 Å². The number of rotatable bonds is 6. The minimum atomic E-state index is -1.29. The smallest absolute Gasteiger partial charge is 0.343 e. The van der Waals surface area contributed by atoms with Crippen molar-refractivity contribution in [3.05, 3.63) is 74.7 Å². The molecule has 1 aromatic carbocycles. The molecule has 0 fully saturated rings. The number of carbonyl (C=O) groups is 2. The summed E-state index contributed by atoms with van der Waals surface area (Å²) in [6, 6.07) is 8.92. The van der Waals surface area contributed by atoms with Crippen LogP contribution in [0.5, 0.6) is 0 Å². The lowest BCUT2D eigenvalue weighted by Crippen LogP contribution is -2.30. The van der Waals surface area contributed by atoms with E-state index in [1.54, 1.807) is 24.5 Å². The summed E-state index contributed by atoms with van der Waals surface area (Å²) in [7, 11) is 0. The summed E-state index contributed by atoms with van der Waals surface area (Å²) in [5.74, 6) is -1.39. The number of nitriles is 1. The Balaban J connectivity index is 1.79. The third-order valence-electron chi connectivity index (χ3n) is 4.29. The number of halogens is 1. The second kappa shape index (κ2) is 8.73. The molecule has 3 rings (SSSR count). The standard InChI is InChI=1S/C20H15ClN4O6/c1-11-17(14(10-22)19(30-11)24-7-3-4-8-24)20(27)31-12(2)18(26)23-16-9-13(25(28)29)5-6-15(16)21/h3-9,12H,1-2H3,(H,23,26). The van der Waals surface area contributed by atoms with Crippen LogP contribution in [-0.4, -0.2) is 27.5 Å². The van der Waals surface area contributed by atoms with Crippen molar-refractivity contribution in [2.75, 3.05) is 5.32 Å². The van der Waals surface area contributed by atoms with Gasteiger partial charge in [0.2, 0.25) is 5.88 Å². The molecule has 0 bridgehead atoms. The first-order valence-electron chi connectivity index (χ1n) is 8.85. The first-order chi connectivity index (χ1) is 14.7. The highest BCUT2D eigenvalue weighted by molar-refractivity contribution is 6.33. The quantitative estimate of drug-likeness (QED) is 0.345. The summed E-state index contributed by atoms with van der Waals surface area (Å²) in [6.07, 6.45) is 2.00. The summed E-state index contributed by atoms with van der Waals surface area (Å²) >= 11 is 5.97. The van der Waals surface area contributed by atoms with Gasteiger partial charge in [0.15, 0.2) is 6.10 Å². The number of furan rings is 1. The van der Waals surface area contributed by atoms with Gasteiger partial charge in [-0.1, -0.05) is 11.6 Å². The van der Waals surface area contributed by atoms with Gasteiger partial charge in [-0.2, -0.15) is 5.26 Å². The van der Waals surface area contributed by atoms with Crippen LogP contribution in [0.2, 0.25) is 5.02 Å². The maximum atomic E-state index is 12.7. The minimum absolute atomic E-state index is 0.00383. The monoisotopic (exact) mass is 442 g/mol. The van der Waals surface area contributed by atoms with E-state index in [0.717, 1.165) is 6.07 Å². The first kappa shape index (κ1) is 21.6. The van der Waals surface area contributed by atoms with Crippen molar-refractivity contribution in [1.29, 1.82) is 5.26 Å². The number of nitro groups is 1. The number of ether oxygens (including phenoxy) is 1. The van der Waals surface area contributed by atoms with Gasteiger partial charge in [-0.05, 0) is 32.0 Å². The Morgan fingerprint density at radius 3 is 2.65 bits per heavy atom. The number of hydrogen-bond acceptors (Lipinski definition) is 7. The predicted molar refractivity (Wildman–Crippen MR) is 109 cm³/mol. The molecule has 0 saturated heterocycles. The fourth-order valence-corrected chi connectivity index (χ4v) is 2.93. The molecule has 11 heteroatoms. The van der Waals surface area contributed by atoms with Gasteiger partial charge in [-0.25, -0.2) is 4.79 Å². The van der Waals surface area contributed by atoms with Gasteiger partial charge >= 0.3 is 5.97 Å². The normalized spacial score (nSPS) is 11.4. The molecule has 0 aliphatic heterocycles. The first-order valence-corrected chi connectivity index (χ1v) is 9.23. The highest BCUT2D eigenvalue weighted by atomic mass is 35.5. The summed E-state index contributed by atoms with van der Waals surface area (Å²) in [4.78, 5) is 35.4. The van der Waals surface area contributed by atoms with E-state index < -0.39 is 22.9 Å². The Morgan fingerprint density at radius 2 is 2.03 bits per heavy atom. The Morgan fingerprint density at radius 1 is 1.35 bits per heavy atom. The molecule has 1 amide bonds. The van der Waals surface area contributed by atoms with Crippen molar-refractivity contribution in [2.24, 2.45) is 0 Å². The molecule has 2 heterocycles. The van der Waals surface area contributed by atoms with Crippen LogP contribution >= 0.6 is 11.6 Å². The summed E-state index contributed by atoms with van der Waals surface area (Å²) in [5, 5.41) is 22.9. The number of nitro benzene ring substituents is 1. The van der Waals surface area contributed by atoms with Crippen molar-refractivity contribution in [1.82, 2.24) is 4.57 Å². The zero-order chi connectivity index (χ0) is 22.7. The molecule has 1 unspecified atom stereocenters. The predicted octanol–water partition coefficient (Wildman–Crippen LogP) is 4.00. The van der Waals surface area contributed by atoms with Gasteiger partial charge in [0.25, 0.3) is 11.6 Å². The van der Waals surface area contributed by atoms with Crippen molar-refractivity contribution in [3.63, 3.8) is 0 Å². The number of aryl methyl sites for hydroxylation is 1. The van der Waals surface area contributed by atoms with Gasteiger partial charge in [-0.15, -0.1) is 0 Å². The maximum Gasteiger partial charge on any atom is 0.343 e. The lowest BCUT2D eigenvalue weighted by atomic mass is 10.1. The number of nitrogens with one attached hydrogen (secondary N) is 1. The average Bonchev–Trinajstić information content (AvgIpc) is 3.36. The van der Waals surface area contributed by atoms with E-state index in [1.165, 1.54) is 30.5 Å². The summed E-state index contributed by atoms with van der Waals surface area (Å²) < 4.78 is 12.3. The van der Waals surface area contributed by atoms with Crippen molar-refractivity contribution < 1.29 is 23.7 Å². The van der Waals surface area contributed by atoms with Crippen LogP contribution in [0.25, 0.3) is 5.88 Å². The lowest BCUT2D eigenvalue weighted by molar-refractivity contribution is -0.384. The lowest BCUT2D eigenvalue weighted by Gasteiger charge is -2.14. The third-order valence-corrected chi connectivity index (χ3v) is 4.62. The largest absolute Gasteiger partial charge is 0.449 e. The van der Waals surface area contributed by atoms with Gasteiger partial charge in [0.05, 0.1) is 15.6 Å². The number of hydrogen-bond donors (Lipinski definition) is 1. The van der Waals surface area contributed by atoms with Crippen molar-refractivity contribution in [3.8, 4) is 12.0 Å². The second-order valence-corrected chi connectivity index (χ2v) is 6.78. The number of carbonyl (C=O) groups excluding carboxylic acids is 2. The molecular formula is C20H15ClN4O6. The number of nitrogens with zero attached hydrogens (tertiary/aromatic N) is 3. The minimum Gasteiger partial charge on any atom is -0.449 e. The van der Waals surface area contributed by atoms with Crippen LogP contribution < -0.4 is 5.32 Å². The summed E-state index contributed by atoms with van der Waals surface area (Å²) in [6.45, 7) is 2.81. The van der Waals surface area contributed by atoms with E-state index in [9.17, 15) is 25.0 Å². The molecule has 0 radical (unpaired) electrons. The van der Waals surface area contributed by atoms with Crippen molar-refractivity contribution in [2.45, 2.75) is 20.0 Å². The SMILES string of the molecule is Cc1oc(-n2cccc2)c(C#N)c1C(=O)OC(C)C(=O)Nc1cc([N+](=O)[O-])ccc1Cl. The molecule has 3 aromatic rings. The number of amides is 1. The van der Waals surface area contributed by atoms with E-state index in [4.69, 9.17) is 20.8 Å².